The molecule has 1 atom stereocenters. The number of nitrogens with one attached hydrogen (secondary N) is 3. The van der Waals surface area contributed by atoms with Crippen LogP contribution >= 0.6 is 0 Å². The molecular weight excluding hydrogens is 316 g/mol. The summed E-state index contributed by atoms with van der Waals surface area (Å²) in [5, 5.41) is 11.3. The van der Waals surface area contributed by atoms with Crippen LogP contribution in [0.25, 0.3) is 10.8 Å². The van der Waals surface area contributed by atoms with Crippen molar-refractivity contribution in [2.75, 3.05) is 7.05 Å². The number of amides is 3. The van der Waals surface area contributed by atoms with Gasteiger partial charge in [-0.25, -0.2) is 9.89 Å². The highest BCUT2D eigenvalue weighted by Gasteiger charge is 2.20. The number of imide groups is 1. The van der Waals surface area contributed by atoms with Gasteiger partial charge in [-0.15, -0.1) is 0 Å². The minimum Gasteiger partial charge on any atom is -0.452 e. The number of nitrogens with zero attached hydrogens (tertiary/aromatic N) is 1. The molecule has 9 nitrogen and oxygen atoms in total. The number of aromatic amines is 1. The maximum Gasteiger partial charge on any atom is 0.321 e. The second kappa shape index (κ2) is 7.36. The van der Waals surface area contributed by atoms with E-state index in [9.17, 15) is 19.2 Å². The quantitative estimate of drug-likeness (QED) is 0.668. The first-order valence-electron chi connectivity index (χ1n) is 7.10. The fraction of sp³-hybridized carbons (Fsp3) is 0.267. The van der Waals surface area contributed by atoms with Crippen LogP contribution in [0.4, 0.5) is 4.79 Å². The third-order valence-corrected chi connectivity index (χ3v) is 3.23. The molecule has 0 fully saturated rings. The summed E-state index contributed by atoms with van der Waals surface area (Å²) in [4.78, 5) is 46.4. The van der Waals surface area contributed by atoms with Crippen LogP contribution in [0.5, 0.6) is 0 Å². The van der Waals surface area contributed by atoms with E-state index in [1.54, 1.807) is 24.3 Å². The molecule has 3 amide bonds. The van der Waals surface area contributed by atoms with Gasteiger partial charge in [0.2, 0.25) is 0 Å². The summed E-state index contributed by atoms with van der Waals surface area (Å²) in [6, 6.07) is 6.01. The standard InChI is InChI=1S/C15H16N4O5/c1-8(13(21)17-15(23)16-2)24-12(20)7-11-9-5-3-4-6-10(9)14(22)19-18-11/h3-6,8H,7H2,1-2H3,(H,19,22)(H2,16,17,21,23). The van der Waals surface area contributed by atoms with Crippen LogP contribution in [0.15, 0.2) is 29.1 Å². The Morgan fingerprint density at radius 1 is 1.25 bits per heavy atom. The Balaban J connectivity index is 2.08. The number of urea groups is 1. The third kappa shape index (κ3) is 3.94. The second-order valence-electron chi connectivity index (χ2n) is 4.92. The normalized spacial score (nSPS) is 11.6. The fourth-order valence-electron chi connectivity index (χ4n) is 2.01. The van der Waals surface area contributed by atoms with Crippen molar-refractivity contribution < 1.29 is 19.1 Å². The molecule has 0 aliphatic rings. The van der Waals surface area contributed by atoms with E-state index in [4.69, 9.17) is 4.74 Å². The summed E-state index contributed by atoms with van der Waals surface area (Å²) in [7, 11) is 1.35. The Morgan fingerprint density at radius 2 is 1.92 bits per heavy atom. The molecular formula is C15H16N4O5. The molecule has 1 heterocycles. The topological polar surface area (TPSA) is 130 Å². The van der Waals surface area contributed by atoms with Crippen molar-refractivity contribution in [3.8, 4) is 0 Å². The van der Waals surface area contributed by atoms with Gasteiger partial charge < -0.3 is 10.1 Å². The molecule has 126 valence electrons. The molecule has 9 heteroatoms. The van der Waals surface area contributed by atoms with Crippen LogP contribution in [0.2, 0.25) is 0 Å². The first-order chi connectivity index (χ1) is 11.4. The highest BCUT2D eigenvalue weighted by Crippen LogP contribution is 2.13. The lowest BCUT2D eigenvalue weighted by atomic mass is 10.1. The predicted octanol–water partition coefficient (Wildman–Crippen LogP) is -0.147. The van der Waals surface area contributed by atoms with E-state index in [0.29, 0.717) is 16.5 Å². The summed E-state index contributed by atoms with van der Waals surface area (Å²) >= 11 is 0. The number of aromatic nitrogens is 2. The summed E-state index contributed by atoms with van der Waals surface area (Å²) in [6.07, 6.45) is -1.38. The van der Waals surface area contributed by atoms with Gasteiger partial charge in [0.25, 0.3) is 11.5 Å². The Labute approximate surface area is 136 Å². The first kappa shape index (κ1) is 17.1. The summed E-state index contributed by atoms with van der Waals surface area (Å²) in [5.41, 5.74) is -0.0323. The molecule has 0 spiro atoms. The van der Waals surface area contributed by atoms with Crippen molar-refractivity contribution in [2.45, 2.75) is 19.4 Å². The van der Waals surface area contributed by atoms with Gasteiger partial charge >= 0.3 is 12.0 Å². The highest BCUT2D eigenvalue weighted by atomic mass is 16.5. The molecule has 0 saturated carbocycles. The van der Waals surface area contributed by atoms with Gasteiger partial charge in [0.05, 0.1) is 17.5 Å². The SMILES string of the molecule is CNC(=O)NC(=O)C(C)OC(=O)Cc1n[nH]c(=O)c2ccccc12. The van der Waals surface area contributed by atoms with Gasteiger partial charge in [0, 0.05) is 12.4 Å². The number of carbonyl (C=O) groups excluding carboxylic acids is 3. The number of benzene rings is 1. The fourth-order valence-corrected chi connectivity index (χ4v) is 2.01. The van der Waals surface area contributed by atoms with Gasteiger partial charge in [0.15, 0.2) is 6.10 Å². The molecule has 0 aliphatic carbocycles. The van der Waals surface area contributed by atoms with Crippen LogP contribution in [-0.2, 0) is 20.7 Å². The van der Waals surface area contributed by atoms with E-state index < -0.39 is 24.0 Å². The molecule has 0 saturated heterocycles. The Hall–Kier alpha value is -3.23. The maximum absolute atomic E-state index is 12.0. The van der Waals surface area contributed by atoms with Crippen molar-refractivity contribution >= 4 is 28.7 Å². The molecule has 1 aromatic heterocycles. The summed E-state index contributed by atoms with van der Waals surface area (Å²) in [5.74, 6) is -1.46. The van der Waals surface area contributed by atoms with Gasteiger partial charge in [0.1, 0.15) is 0 Å². The van der Waals surface area contributed by atoms with Crippen LogP contribution in [-0.4, -0.2) is 41.3 Å². The Kier molecular flexibility index (Phi) is 5.25. The molecule has 3 N–H and O–H groups in total. The van der Waals surface area contributed by atoms with E-state index in [0.717, 1.165) is 0 Å². The van der Waals surface area contributed by atoms with Crippen molar-refractivity contribution in [1.29, 1.82) is 0 Å². The van der Waals surface area contributed by atoms with E-state index >= 15 is 0 Å². The zero-order valence-electron chi connectivity index (χ0n) is 13.1. The average Bonchev–Trinajstić information content (AvgIpc) is 2.57. The molecule has 0 radical (unpaired) electrons. The number of ether oxygens (including phenoxy) is 1. The monoisotopic (exact) mass is 332 g/mol. The maximum atomic E-state index is 12.0. The van der Waals surface area contributed by atoms with Gasteiger partial charge in [-0.3, -0.25) is 19.7 Å². The smallest absolute Gasteiger partial charge is 0.321 e. The first-order valence-corrected chi connectivity index (χ1v) is 7.10. The zero-order valence-corrected chi connectivity index (χ0v) is 13.1. The minimum absolute atomic E-state index is 0.227. The number of esters is 1. The number of fused-ring (bicyclic) bond motifs is 1. The minimum atomic E-state index is -1.15. The van der Waals surface area contributed by atoms with Gasteiger partial charge in [-0.1, -0.05) is 18.2 Å². The summed E-state index contributed by atoms with van der Waals surface area (Å²) in [6.45, 7) is 1.34. The van der Waals surface area contributed by atoms with Crippen LogP contribution < -0.4 is 16.2 Å². The van der Waals surface area contributed by atoms with E-state index in [1.165, 1.54) is 14.0 Å². The van der Waals surface area contributed by atoms with Crippen molar-refractivity contribution in [1.82, 2.24) is 20.8 Å². The van der Waals surface area contributed by atoms with E-state index in [1.807, 2.05) is 5.32 Å². The number of hydrogen-bond acceptors (Lipinski definition) is 6. The molecule has 2 rings (SSSR count). The highest BCUT2D eigenvalue weighted by molar-refractivity contribution is 5.97. The number of rotatable bonds is 4. The van der Waals surface area contributed by atoms with Gasteiger partial charge in [-0.05, 0) is 13.0 Å². The van der Waals surface area contributed by atoms with Crippen molar-refractivity contribution in [3.63, 3.8) is 0 Å². The largest absolute Gasteiger partial charge is 0.452 e. The number of H-pyrrole nitrogens is 1. The third-order valence-electron chi connectivity index (χ3n) is 3.23. The Morgan fingerprint density at radius 3 is 2.58 bits per heavy atom. The molecule has 2 aromatic rings. The molecule has 0 bridgehead atoms. The Bertz CT molecular complexity index is 845. The lowest BCUT2D eigenvalue weighted by molar-refractivity contribution is -0.153. The van der Waals surface area contributed by atoms with Crippen molar-refractivity contribution in [2.24, 2.45) is 0 Å². The zero-order chi connectivity index (χ0) is 17.7. The number of hydrogen-bond donors (Lipinski definition) is 3. The molecule has 24 heavy (non-hydrogen) atoms. The molecule has 0 aliphatic heterocycles. The van der Waals surface area contributed by atoms with E-state index in [2.05, 4.69) is 15.5 Å². The van der Waals surface area contributed by atoms with Crippen LogP contribution in [0.1, 0.15) is 12.6 Å². The van der Waals surface area contributed by atoms with Gasteiger partial charge in [-0.2, -0.15) is 5.10 Å². The van der Waals surface area contributed by atoms with Crippen LogP contribution in [0.3, 0.4) is 0 Å². The van der Waals surface area contributed by atoms with Crippen LogP contribution in [0, 0.1) is 0 Å². The number of carbonyl (C=O) groups is 3. The lowest BCUT2D eigenvalue weighted by Crippen LogP contribution is -2.43. The summed E-state index contributed by atoms with van der Waals surface area (Å²) < 4.78 is 4.98. The molecule has 1 unspecified atom stereocenters. The average molecular weight is 332 g/mol. The second-order valence-corrected chi connectivity index (χ2v) is 4.92. The predicted molar refractivity (Wildman–Crippen MR) is 84.2 cm³/mol. The molecule has 1 aromatic carbocycles. The van der Waals surface area contributed by atoms with E-state index in [-0.39, 0.29) is 12.0 Å². The van der Waals surface area contributed by atoms with Crippen molar-refractivity contribution in [3.05, 3.63) is 40.3 Å². The lowest BCUT2D eigenvalue weighted by Gasteiger charge is -2.12.